The molecule has 3 aliphatic carbocycles. The Bertz CT molecular complexity index is 1590. The number of carbonyl (C=O) groups is 2. The number of benzene rings is 2. The number of ether oxygens (including phenoxy) is 1. The number of nitrogens with one attached hydrogen (secondary N) is 2. The predicted octanol–water partition coefficient (Wildman–Crippen LogP) is 3.91. The molecule has 284 valence electrons. The van der Waals surface area contributed by atoms with Crippen LogP contribution < -0.4 is 20.8 Å². The second kappa shape index (κ2) is 15.8. The van der Waals surface area contributed by atoms with Crippen LogP contribution in [0.3, 0.4) is 0 Å². The summed E-state index contributed by atoms with van der Waals surface area (Å²) >= 11 is 0. The molecule has 2 aromatic rings. The average Bonchev–Trinajstić information content (AvgIpc) is 3.42. The number of nitrogens with zero attached hydrogens (tertiary/aromatic N) is 2. The van der Waals surface area contributed by atoms with Gasteiger partial charge in [0.05, 0.1) is 26.4 Å². The summed E-state index contributed by atoms with van der Waals surface area (Å²) in [5.74, 6) is 0.945. The smallest absolute Gasteiger partial charge is 0.251 e. The zero-order chi connectivity index (χ0) is 38.3. The Kier molecular flexibility index (Phi) is 12.2. The quantitative estimate of drug-likeness (QED) is 0.230. The van der Waals surface area contributed by atoms with Crippen molar-refractivity contribution in [1.29, 1.82) is 0 Å². The van der Waals surface area contributed by atoms with Gasteiger partial charge in [-0.15, -0.1) is 0 Å². The summed E-state index contributed by atoms with van der Waals surface area (Å²) in [5, 5.41) is 29.4. The summed E-state index contributed by atoms with van der Waals surface area (Å²) in [7, 11) is 12.0. The highest BCUT2D eigenvalue weighted by molar-refractivity contribution is 6.33. The molecule has 1 heterocycles. The van der Waals surface area contributed by atoms with Gasteiger partial charge in [-0.3, -0.25) is 14.4 Å². The van der Waals surface area contributed by atoms with Crippen LogP contribution in [0.15, 0.2) is 36.4 Å². The molecule has 1 saturated heterocycles. The lowest BCUT2D eigenvalue weighted by molar-refractivity contribution is -0.183. The molecule has 11 heteroatoms. The number of hydrogen-bond donors (Lipinski definition) is 4. The van der Waals surface area contributed by atoms with Crippen molar-refractivity contribution in [3.8, 4) is 16.9 Å². The van der Waals surface area contributed by atoms with Gasteiger partial charge in [0.25, 0.3) is 5.91 Å². The molecular weight excluding hydrogens is 655 g/mol. The Balaban J connectivity index is 1.41. The summed E-state index contributed by atoms with van der Waals surface area (Å²) in [6.45, 7) is 15.5. The van der Waals surface area contributed by atoms with E-state index < -0.39 is 24.2 Å². The summed E-state index contributed by atoms with van der Waals surface area (Å²) in [6, 6.07) is 10.2. The molecule has 6 rings (SSSR count). The third-order valence-electron chi connectivity index (χ3n) is 12.0. The van der Waals surface area contributed by atoms with Gasteiger partial charge in [0.2, 0.25) is 5.91 Å². The minimum absolute atomic E-state index is 0.0274. The molecule has 2 aromatic carbocycles. The Hall–Kier alpha value is -2.96. The van der Waals surface area contributed by atoms with E-state index in [-0.39, 0.29) is 47.9 Å². The molecule has 2 radical (unpaired) electrons. The number of para-hydroxylation sites is 1. The van der Waals surface area contributed by atoms with Crippen molar-refractivity contribution in [2.75, 3.05) is 34.4 Å². The van der Waals surface area contributed by atoms with Gasteiger partial charge in [-0.1, -0.05) is 77.3 Å². The van der Waals surface area contributed by atoms with Gasteiger partial charge in [0.15, 0.2) is 0 Å². The maximum Gasteiger partial charge on any atom is 0.251 e. The fourth-order valence-electron chi connectivity index (χ4n) is 9.38. The molecule has 0 aromatic heterocycles. The summed E-state index contributed by atoms with van der Waals surface area (Å²) < 4.78 is 6.01. The zero-order valence-electron chi connectivity index (χ0n) is 32.9. The van der Waals surface area contributed by atoms with E-state index >= 15 is 0 Å². The highest BCUT2D eigenvalue weighted by Gasteiger charge is 2.57. The zero-order valence-corrected chi connectivity index (χ0v) is 32.9. The fraction of sp³-hybridized carbons (Fsp3) is 0.659. The number of hydroxylamine groups is 2. The molecule has 10 nitrogen and oxygen atoms in total. The first-order valence-corrected chi connectivity index (χ1v) is 18.9. The van der Waals surface area contributed by atoms with Gasteiger partial charge in [0, 0.05) is 41.2 Å². The number of carbonyl (C=O) groups excluding carboxylic acids is 2. The van der Waals surface area contributed by atoms with Crippen LogP contribution in [-0.4, -0.2) is 105 Å². The average molecular weight is 717 g/mol. The van der Waals surface area contributed by atoms with Crippen molar-refractivity contribution in [3.63, 3.8) is 0 Å². The highest BCUT2D eigenvalue weighted by Crippen LogP contribution is 2.61. The number of aliphatic hydroxyl groups is 2. The van der Waals surface area contributed by atoms with Crippen LogP contribution in [0.4, 0.5) is 0 Å². The maximum atomic E-state index is 14.2. The van der Waals surface area contributed by atoms with E-state index in [1.807, 2.05) is 44.4 Å². The largest absolute Gasteiger partial charge is 0.496 e. The second-order valence-electron chi connectivity index (χ2n) is 17.8. The number of aliphatic hydroxyl groups excluding tert-OH is 2. The molecule has 2 amide bonds. The normalized spacial score (nSPS) is 28.2. The number of methoxy groups -OCH3 is 1. The lowest BCUT2D eigenvalue weighted by atomic mass is 9.45. The molecule has 4 N–H and O–H groups in total. The number of likely N-dealkylation sites (N-methyl/N-ethyl adjacent to an activating group) is 1. The number of amides is 2. The number of fused-ring (bicyclic) bond motifs is 2. The van der Waals surface area contributed by atoms with E-state index in [1.54, 1.807) is 25.2 Å². The first-order valence-electron chi connectivity index (χ1n) is 18.9. The molecule has 0 unspecified atom stereocenters. The maximum absolute atomic E-state index is 14.2. The van der Waals surface area contributed by atoms with Crippen LogP contribution in [0.2, 0.25) is 0 Å². The van der Waals surface area contributed by atoms with E-state index in [1.165, 1.54) is 6.42 Å². The van der Waals surface area contributed by atoms with E-state index in [0.29, 0.717) is 46.6 Å². The number of rotatable bonds is 13. The van der Waals surface area contributed by atoms with E-state index in [9.17, 15) is 19.8 Å². The van der Waals surface area contributed by atoms with Crippen molar-refractivity contribution in [1.82, 2.24) is 20.6 Å². The van der Waals surface area contributed by atoms with Crippen molar-refractivity contribution >= 4 is 25.1 Å². The highest BCUT2D eigenvalue weighted by atomic mass is 16.7. The monoisotopic (exact) mass is 716 g/mol. The SMILES string of the molecule is [B]c1cc(C(=O)N[C@H](CN(C)C)CC(C)(C)C)cc(-c2cccc(CN3O[C@@H](CO)[C@@H]([C@H](C)O)[C@H]3C(=O)N[C@H]3C[C@H]4C[C@@H]([C@@H]3C)C4(C)C)c2OC)c1. The van der Waals surface area contributed by atoms with E-state index in [4.69, 9.17) is 17.4 Å². The number of hydrogen-bond acceptors (Lipinski definition) is 8. The van der Waals surface area contributed by atoms with Crippen LogP contribution in [0.1, 0.15) is 83.7 Å². The second-order valence-corrected chi connectivity index (χ2v) is 17.8. The van der Waals surface area contributed by atoms with Gasteiger partial charge in [-0.25, -0.2) is 0 Å². The van der Waals surface area contributed by atoms with Gasteiger partial charge < -0.3 is 30.5 Å². The molecule has 9 atom stereocenters. The van der Waals surface area contributed by atoms with Crippen molar-refractivity contribution < 1.29 is 29.4 Å². The predicted molar refractivity (Wildman–Crippen MR) is 205 cm³/mol. The Morgan fingerprint density at radius 2 is 1.88 bits per heavy atom. The fourth-order valence-corrected chi connectivity index (χ4v) is 9.38. The van der Waals surface area contributed by atoms with Gasteiger partial charge in [-0.2, -0.15) is 5.06 Å². The van der Waals surface area contributed by atoms with Gasteiger partial charge in [-0.05, 0) is 80.5 Å². The van der Waals surface area contributed by atoms with Crippen molar-refractivity contribution in [2.45, 2.75) is 105 Å². The lowest BCUT2D eigenvalue weighted by Gasteiger charge is -2.62. The third-order valence-corrected chi connectivity index (χ3v) is 12.0. The van der Waals surface area contributed by atoms with Gasteiger partial charge >= 0.3 is 0 Å². The lowest BCUT2D eigenvalue weighted by Crippen LogP contribution is -2.62. The van der Waals surface area contributed by atoms with Crippen LogP contribution in [0.5, 0.6) is 5.75 Å². The van der Waals surface area contributed by atoms with Crippen LogP contribution in [-0.2, 0) is 16.2 Å². The molecule has 52 heavy (non-hydrogen) atoms. The van der Waals surface area contributed by atoms with Crippen molar-refractivity contribution in [3.05, 3.63) is 47.5 Å². The topological polar surface area (TPSA) is 124 Å². The molecule has 4 aliphatic rings. The minimum atomic E-state index is -0.903. The molecule has 1 aliphatic heterocycles. The summed E-state index contributed by atoms with van der Waals surface area (Å²) in [6.07, 6.45) is 1.28. The standard InChI is InChI=1S/C41H61BN4O6/c1-23-32-17-28(41(32,6)7)18-33(23)44-39(50)36-35(24(2)48)34(22-47)52-46(36)20-25-12-11-13-31(37(25)51-10)26-14-27(16-29(42)15-26)38(49)43-30(21-45(8)9)19-40(3,4)5/h11-16,23-24,28,30,32-36,47-48H,17-22H2,1-10H3,(H,43,49)(H,44,50)/t23-,24-,28+,30-,32-,33-,34-,35+,36-/m0/s1. The summed E-state index contributed by atoms with van der Waals surface area (Å²) in [4.78, 5) is 36.2. The minimum Gasteiger partial charge on any atom is -0.496 e. The summed E-state index contributed by atoms with van der Waals surface area (Å²) in [5.41, 5.74) is 3.37. The molecular formula is C41H61BN4O6. The molecule has 2 bridgehead atoms. The van der Waals surface area contributed by atoms with Crippen LogP contribution in [0.25, 0.3) is 11.1 Å². The van der Waals surface area contributed by atoms with Gasteiger partial charge in [0.1, 0.15) is 25.7 Å². The van der Waals surface area contributed by atoms with E-state index in [0.717, 1.165) is 24.0 Å². The molecule has 0 spiro atoms. The Morgan fingerprint density at radius 3 is 2.46 bits per heavy atom. The Morgan fingerprint density at radius 1 is 1.17 bits per heavy atom. The van der Waals surface area contributed by atoms with Crippen LogP contribution >= 0.6 is 0 Å². The van der Waals surface area contributed by atoms with Crippen LogP contribution in [0, 0.1) is 34.5 Å². The Labute approximate surface area is 312 Å². The molecule has 3 saturated carbocycles. The third kappa shape index (κ3) is 8.54. The molecule has 4 fully saturated rings. The first-order chi connectivity index (χ1) is 24.3. The van der Waals surface area contributed by atoms with E-state index in [2.05, 4.69) is 57.1 Å². The first kappa shape index (κ1) is 40.2. The van der Waals surface area contributed by atoms with Crippen molar-refractivity contribution in [2.24, 2.45) is 34.5 Å².